The van der Waals surface area contributed by atoms with E-state index in [9.17, 15) is 19.3 Å². The van der Waals surface area contributed by atoms with Crippen molar-refractivity contribution in [2.24, 2.45) is 0 Å². The molecular formula is C16H16BrFN4O3. The molecule has 9 heteroatoms. The molecule has 0 saturated carbocycles. The first-order chi connectivity index (χ1) is 11.9. The molecule has 0 radical (unpaired) electrons. The molecule has 0 bridgehead atoms. The Bertz CT molecular complexity index is 852. The second-order valence-electron chi connectivity index (χ2n) is 5.89. The van der Waals surface area contributed by atoms with Gasteiger partial charge < -0.3 is 19.6 Å². The molecule has 3 rings (SSSR count). The minimum Gasteiger partial charge on any atom is -0.358 e. The van der Waals surface area contributed by atoms with Crippen molar-refractivity contribution >= 4 is 33.3 Å². The minimum atomic E-state index is -0.570. The van der Waals surface area contributed by atoms with Crippen molar-refractivity contribution in [3.05, 3.63) is 50.1 Å². The third kappa shape index (κ3) is 3.55. The predicted octanol–water partition coefficient (Wildman–Crippen LogP) is 3.37. The molecule has 1 aliphatic heterocycles. The standard InChI is InChI=1S/C16H16BrFN4O3/c1-10-19-14(22(24)25)9-20(10)6-4-15(23)21-5-2-3-11-7-12(17)8-13(18)16(11)21/h7-9H,2-6H2,1H3. The Labute approximate surface area is 151 Å². The van der Waals surface area contributed by atoms with Crippen molar-refractivity contribution in [1.29, 1.82) is 0 Å². The van der Waals surface area contributed by atoms with E-state index in [2.05, 4.69) is 20.9 Å². The molecule has 1 amide bonds. The highest BCUT2D eigenvalue weighted by Crippen LogP contribution is 2.33. The highest BCUT2D eigenvalue weighted by Gasteiger charge is 2.26. The number of halogens is 2. The van der Waals surface area contributed by atoms with Gasteiger partial charge in [0.1, 0.15) is 12.0 Å². The van der Waals surface area contributed by atoms with Crippen LogP contribution in [0.5, 0.6) is 0 Å². The number of rotatable bonds is 4. The van der Waals surface area contributed by atoms with Crippen molar-refractivity contribution < 1.29 is 14.1 Å². The summed E-state index contributed by atoms with van der Waals surface area (Å²) in [6.07, 6.45) is 2.92. The molecule has 0 saturated heterocycles. The first-order valence-electron chi connectivity index (χ1n) is 7.83. The number of imidazole rings is 1. The normalized spacial score (nSPS) is 13.6. The van der Waals surface area contributed by atoms with Gasteiger partial charge in [0.05, 0.1) is 5.69 Å². The fraction of sp³-hybridized carbons (Fsp3) is 0.375. The maximum atomic E-state index is 14.3. The van der Waals surface area contributed by atoms with Gasteiger partial charge in [-0.15, -0.1) is 0 Å². The lowest BCUT2D eigenvalue weighted by molar-refractivity contribution is -0.389. The number of benzene rings is 1. The quantitative estimate of drug-likeness (QED) is 0.571. The summed E-state index contributed by atoms with van der Waals surface area (Å²) in [6.45, 7) is 2.37. The average molecular weight is 411 g/mol. The van der Waals surface area contributed by atoms with Crippen LogP contribution < -0.4 is 4.90 Å². The predicted molar refractivity (Wildman–Crippen MR) is 93.0 cm³/mol. The summed E-state index contributed by atoms with van der Waals surface area (Å²) in [7, 11) is 0. The van der Waals surface area contributed by atoms with Gasteiger partial charge in [-0.05, 0) is 40.4 Å². The van der Waals surface area contributed by atoms with Gasteiger partial charge >= 0.3 is 5.82 Å². The summed E-state index contributed by atoms with van der Waals surface area (Å²) in [4.78, 5) is 28.1. The van der Waals surface area contributed by atoms with Crippen molar-refractivity contribution in [2.75, 3.05) is 11.4 Å². The summed E-state index contributed by atoms with van der Waals surface area (Å²) in [5.41, 5.74) is 1.15. The van der Waals surface area contributed by atoms with Gasteiger partial charge in [-0.2, -0.15) is 0 Å². The van der Waals surface area contributed by atoms with Gasteiger partial charge in [-0.25, -0.2) is 4.39 Å². The van der Waals surface area contributed by atoms with E-state index in [1.165, 1.54) is 17.2 Å². The number of aromatic nitrogens is 2. The van der Waals surface area contributed by atoms with Crippen molar-refractivity contribution in [3.8, 4) is 0 Å². The second-order valence-corrected chi connectivity index (χ2v) is 6.81. The molecule has 0 aliphatic carbocycles. The van der Waals surface area contributed by atoms with Crippen LogP contribution in [0.1, 0.15) is 24.2 Å². The lowest BCUT2D eigenvalue weighted by Crippen LogP contribution is -2.36. The van der Waals surface area contributed by atoms with E-state index in [-0.39, 0.29) is 24.7 Å². The van der Waals surface area contributed by atoms with E-state index in [0.717, 1.165) is 18.4 Å². The Morgan fingerprint density at radius 2 is 2.24 bits per heavy atom. The van der Waals surface area contributed by atoms with Gasteiger partial charge in [0, 0.05) is 30.9 Å². The lowest BCUT2D eigenvalue weighted by atomic mass is 10.0. The number of hydrogen-bond acceptors (Lipinski definition) is 4. The first kappa shape index (κ1) is 17.5. The number of carbonyl (C=O) groups excluding carboxylic acids is 1. The largest absolute Gasteiger partial charge is 0.381 e. The van der Waals surface area contributed by atoms with Crippen LogP contribution in [0.3, 0.4) is 0 Å². The van der Waals surface area contributed by atoms with E-state index in [4.69, 9.17) is 0 Å². The zero-order chi connectivity index (χ0) is 18.1. The SMILES string of the molecule is Cc1nc([N+](=O)[O-])cn1CCC(=O)N1CCCc2cc(Br)cc(F)c21. The van der Waals surface area contributed by atoms with Gasteiger partial charge in [0.15, 0.2) is 0 Å². The Morgan fingerprint density at radius 1 is 1.48 bits per heavy atom. The summed E-state index contributed by atoms with van der Waals surface area (Å²) < 4.78 is 16.6. The number of nitrogens with zero attached hydrogens (tertiary/aromatic N) is 4. The summed E-state index contributed by atoms with van der Waals surface area (Å²) in [5.74, 6) is -0.414. The molecule has 0 spiro atoms. The van der Waals surface area contributed by atoms with Crippen molar-refractivity contribution in [3.63, 3.8) is 0 Å². The maximum Gasteiger partial charge on any atom is 0.381 e. The molecule has 1 aromatic carbocycles. The molecular weight excluding hydrogens is 395 g/mol. The fourth-order valence-corrected chi connectivity index (χ4v) is 3.54. The van der Waals surface area contributed by atoms with E-state index >= 15 is 0 Å². The van der Waals surface area contributed by atoms with Crippen molar-refractivity contribution in [1.82, 2.24) is 9.55 Å². The van der Waals surface area contributed by atoms with E-state index in [1.54, 1.807) is 11.5 Å². The Balaban J connectivity index is 1.76. The molecule has 0 fully saturated rings. The van der Waals surface area contributed by atoms with E-state index in [0.29, 0.717) is 22.5 Å². The third-order valence-corrected chi connectivity index (χ3v) is 4.68. The summed E-state index contributed by atoms with van der Waals surface area (Å²) in [5, 5.41) is 10.8. The van der Waals surface area contributed by atoms with Crippen LogP contribution in [0.4, 0.5) is 15.9 Å². The zero-order valence-corrected chi connectivity index (χ0v) is 15.1. The highest BCUT2D eigenvalue weighted by molar-refractivity contribution is 9.10. The van der Waals surface area contributed by atoms with Gasteiger partial charge in [0.25, 0.3) is 0 Å². The van der Waals surface area contributed by atoms with Crippen LogP contribution in [-0.2, 0) is 17.8 Å². The number of nitro groups is 1. The molecule has 1 aromatic heterocycles. The molecule has 25 heavy (non-hydrogen) atoms. The van der Waals surface area contributed by atoms with Crippen LogP contribution in [0.2, 0.25) is 0 Å². The Kier molecular flexibility index (Phi) is 4.85. The molecule has 0 N–H and O–H groups in total. The molecule has 2 aromatic rings. The van der Waals surface area contributed by atoms with Crippen LogP contribution in [-0.4, -0.2) is 26.9 Å². The molecule has 132 valence electrons. The fourth-order valence-electron chi connectivity index (χ4n) is 3.06. The summed E-state index contributed by atoms with van der Waals surface area (Å²) >= 11 is 3.27. The van der Waals surface area contributed by atoms with E-state index in [1.807, 2.05) is 6.07 Å². The van der Waals surface area contributed by atoms with Crippen molar-refractivity contribution in [2.45, 2.75) is 32.7 Å². The lowest BCUT2D eigenvalue weighted by Gasteiger charge is -2.30. The smallest absolute Gasteiger partial charge is 0.358 e. The third-order valence-electron chi connectivity index (χ3n) is 4.22. The maximum absolute atomic E-state index is 14.3. The monoisotopic (exact) mass is 410 g/mol. The highest BCUT2D eigenvalue weighted by atomic mass is 79.9. The number of hydrogen-bond donors (Lipinski definition) is 0. The second kappa shape index (κ2) is 6.91. The van der Waals surface area contributed by atoms with E-state index < -0.39 is 10.7 Å². The Morgan fingerprint density at radius 3 is 2.92 bits per heavy atom. The minimum absolute atomic E-state index is 0.114. The molecule has 0 atom stereocenters. The zero-order valence-electron chi connectivity index (χ0n) is 13.5. The number of anilines is 1. The molecule has 7 nitrogen and oxygen atoms in total. The number of aryl methyl sites for hydroxylation is 3. The van der Waals surface area contributed by atoms with Gasteiger partial charge in [-0.1, -0.05) is 15.9 Å². The molecule has 0 unspecified atom stereocenters. The van der Waals surface area contributed by atoms with Crippen LogP contribution in [0, 0.1) is 22.9 Å². The molecule has 2 heterocycles. The van der Waals surface area contributed by atoms with Crippen LogP contribution in [0.15, 0.2) is 22.8 Å². The number of carbonyl (C=O) groups is 1. The van der Waals surface area contributed by atoms with Gasteiger partial charge in [0.2, 0.25) is 11.7 Å². The number of amides is 1. The first-order valence-corrected chi connectivity index (χ1v) is 8.62. The number of fused-ring (bicyclic) bond motifs is 1. The molecule has 1 aliphatic rings. The Hall–Kier alpha value is -2.29. The average Bonchev–Trinajstić information content (AvgIpc) is 2.93. The van der Waals surface area contributed by atoms with Crippen LogP contribution in [0.25, 0.3) is 0 Å². The summed E-state index contributed by atoms with van der Waals surface area (Å²) in [6, 6.07) is 3.19. The van der Waals surface area contributed by atoms with Gasteiger partial charge in [-0.3, -0.25) is 4.79 Å². The van der Waals surface area contributed by atoms with Crippen LogP contribution >= 0.6 is 15.9 Å². The topological polar surface area (TPSA) is 81.3 Å².